The molecule has 1 fully saturated rings. The van der Waals surface area contributed by atoms with Crippen molar-refractivity contribution in [1.29, 1.82) is 5.26 Å². The van der Waals surface area contributed by atoms with E-state index in [1.807, 2.05) is 30.6 Å². The van der Waals surface area contributed by atoms with Gasteiger partial charge in [0.2, 0.25) is 0 Å². The molecule has 160 valence electrons. The third-order valence-corrected chi connectivity index (χ3v) is 5.52. The van der Waals surface area contributed by atoms with Crippen LogP contribution in [0.25, 0.3) is 16.7 Å². The van der Waals surface area contributed by atoms with E-state index >= 15 is 0 Å². The molecule has 3 aromatic rings. The summed E-state index contributed by atoms with van der Waals surface area (Å²) in [7, 11) is 0. The number of carbonyl (C=O) groups is 1. The van der Waals surface area contributed by atoms with E-state index in [9.17, 15) is 4.79 Å². The molecule has 1 aliphatic rings. The molecule has 1 amide bonds. The maximum atomic E-state index is 12.7. The lowest BCUT2D eigenvalue weighted by Gasteiger charge is -2.15. The molecule has 32 heavy (non-hydrogen) atoms. The minimum Gasteiger partial charge on any atom is -0.398 e. The van der Waals surface area contributed by atoms with Gasteiger partial charge in [0, 0.05) is 41.3 Å². The molecule has 3 heterocycles. The fourth-order valence-corrected chi connectivity index (χ4v) is 3.79. The van der Waals surface area contributed by atoms with Gasteiger partial charge in [-0.15, -0.1) is 0 Å². The number of nitrogens with two attached hydrogens (primary N) is 1. The van der Waals surface area contributed by atoms with Gasteiger partial charge in [-0.3, -0.25) is 14.7 Å². The second-order valence-electron chi connectivity index (χ2n) is 7.84. The highest BCUT2D eigenvalue weighted by molar-refractivity contribution is 6.25. The Morgan fingerprint density at radius 2 is 1.94 bits per heavy atom. The number of anilines is 2. The van der Waals surface area contributed by atoms with Crippen molar-refractivity contribution in [3.8, 4) is 17.2 Å². The van der Waals surface area contributed by atoms with E-state index < -0.39 is 0 Å². The highest BCUT2D eigenvalue weighted by Crippen LogP contribution is 2.29. The normalized spacial score (nSPS) is 13.5. The van der Waals surface area contributed by atoms with Crippen LogP contribution in [0.5, 0.6) is 0 Å². The lowest BCUT2D eigenvalue weighted by molar-refractivity contribution is -0.111. The molecule has 4 rings (SSSR count). The predicted octanol–water partition coefficient (Wildman–Crippen LogP) is 3.85. The van der Waals surface area contributed by atoms with Gasteiger partial charge in [-0.2, -0.15) is 5.26 Å². The predicted molar refractivity (Wildman–Crippen MR) is 125 cm³/mol. The number of aromatic nitrogens is 2. The van der Waals surface area contributed by atoms with Gasteiger partial charge >= 0.3 is 0 Å². The summed E-state index contributed by atoms with van der Waals surface area (Å²) in [6.45, 7) is 7.08. The average molecular weight is 425 g/mol. The zero-order valence-corrected chi connectivity index (χ0v) is 17.7. The van der Waals surface area contributed by atoms with Crippen LogP contribution in [0.1, 0.15) is 29.7 Å². The molecular formula is C25H24N6O. The standard InChI is InChI=1S/C25H24N6O/c1-17(25(32)30-22-6-5-21(12-26)29-15-22)23-11-19(4-7-24(23)27)20-10-18(13-28-14-20)16-31-8-2-3-9-31/h4-7,10-11,13-15H,1-3,8-9,16,27H2,(H,30,32). The maximum absolute atomic E-state index is 12.7. The van der Waals surface area contributed by atoms with Gasteiger partial charge < -0.3 is 11.1 Å². The lowest BCUT2D eigenvalue weighted by Crippen LogP contribution is -2.18. The number of pyridine rings is 2. The number of amides is 1. The fourth-order valence-electron chi connectivity index (χ4n) is 3.79. The van der Waals surface area contributed by atoms with Crippen molar-refractivity contribution in [2.24, 2.45) is 0 Å². The highest BCUT2D eigenvalue weighted by Gasteiger charge is 2.16. The van der Waals surface area contributed by atoms with E-state index in [2.05, 4.69) is 32.8 Å². The van der Waals surface area contributed by atoms with Crippen LogP contribution < -0.4 is 11.1 Å². The van der Waals surface area contributed by atoms with Crippen molar-refractivity contribution >= 4 is 22.9 Å². The Bertz CT molecular complexity index is 1190. The average Bonchev–Trinajstić information content (AvgIpc) is 3.32. The van der Waals surface area contributed by atoms with E-state index in [4.69, 9.17) is 11.0 Å². The minimum atomic E-state index is -0.388. The molecule has 0 saturated carbocycles. The SMILES string of the molecule is C=C(C(=O)Nc1ccc(C#N)nc1)c1cc(-c2cncc(CN3CCCC3)c2)ccc1N. The molecule has 0 radical (unpaired) electrons. The van der Waals surface area contributed by atoms with E-state index in [0.717, 1.165) is 36.3 Å². The summed E-state index contributed by atoms with van der Waals surface area (Å²) in [5, 5.41) is 11.6. The number of nitrogen functional groups attached to an aromatic ring is 1. The number of benzene rings is 1. The summed E-state index contributed by atoms with van der Waals surface area (Å²) >= 11 is 0. The molecule has 3 N–H and O–H groups in total. The van der Waals surface area contributed by atoms with Crippen LogP contribution in [0.2, 0.25) is 0 Å². The first kappa shape index (κ1) is 21.2. The van der Waals surface area contributed by atoms with Gasteiger partial charge in [0.1, 0.15) is 11.8 Å². The largest absolute Gasteiger partial charge is 0.398 e. The zero-order valence-electron chi connectivity index (χ0n) is 17.7. The zero-order chi connectivity index (χ0) is 22.5. The summed E-state index contributed by atoms with van der Waals surface area (Å²) in [6, 6.07) is 12.8. The van der Waals surface area contributed by atoms with Gasteiger partial charge in [-0.05, 0) is 67.4 Å². The molecule has 1 aliphatic heterocycles. The van der Waals surface area contributed by atoms with E-state index in [1.165, 1.54) is 25.1 Å². The number of rotatable bonds is 6. The number of hydrogen-bond acceptors (Lipinski definition) is 6. The minimum absolute atomic E-state index is 0.245. The summed E-state index contributed by atoms with van der Waals surface area (Å²) in [5.41, 5.74) is 11.2. The molecule has 1 saturated heterocycles. The Labute approximate surface area is 187 Å². The summed E-state index contributed by atoms with van der Waals surface area (Å²) in [4.78, 5) is 23.5. The van der Waals surface area contributed by atoms with Crippen LogP contribution >= 0.6 is 0 Å². The Morgan fingerprint density at radius 3 is 2.66 bits per heavy atom. The maximum Gasteiger partial charge on any atom is 0.255 e. The summed E-state index contributed by atoms with van der Waals surface area (Å²) in [6.07, 6.45) is 7.64. The van der Waals surface area contributed by atoms with E-state index in [0.29, 0.717) is 16.9 Å². The molecule has 0 aliphatic carbocycles. The van der Waals surface area contributed by atoms with Crippen molar-refractivity contribution in [2.75, 3.05) is 24.1 Å². The number of nitrogens with zero attached hydrogens (tertiary/aromatic N) is 4. The second-order valence-corrected chi connectivity index (χ2v) is 7.84. The molecule has 1 aromatic carbocycles. The van der Waals surface area contributed by atoms with Crippen LogP contribution in [0.3, 0.4) is 0 Å². The third kappa shape index (κ3) is 4.82. The highest BCUT2D eigenvalue weighted by atomic mass is 16.1. The number of hydrogen-bond donors (Lipinski definition) is 2. The molecule has 2 aromatic heterocycles. The molecule has 7 nitrogen and oxygen atoms in total. The molecule has 0 atom stereocenters. The summed E-state index contributed by atoms with van der Waals surface area (Å²) < 4.78 is 0. The van der Waals surface area contributed by atoms with Crippen molar-refractivity contribution in [2.45, 2.75) is 19.4 Å². The smallest absolute Gasteiger partial charge is 0.255 e. The van der Waals surface area contributed by atoms with Gasteiger partial charge in [0.15, 0.2) is 0 Å². The number of likely N-dealkylation sites (tertiary alicyclic amines) is 1. The van der Waals surface area contributed by atoms with Gasteiger partial charge in [-0.25, -0.2) is 4.98 Å². The van der Waals surface area contributed by atoms with Crippen LogP contribution in [0.4, 0.5) is 11.4 Å². The number of nitriles is 1. The molecule has 7 heteroatoms. The van der Waals surface area contributed by atoms with Crippen LogP contribution in [0.15, 0.2) is 61.6 Å². The first-order valence-corrected chi connectivity index (χ1v) is 10.5. The van der Waals surface area contributed by atoms with Crippen molar-refractivity contribution in [1.82, 2.24) is 14.9 Å². The van der Waals surface area contributed by atoms with Crippen molar-refractivity contribution < 1.29 is 4.79 Å². The van der Waals surface area contributed by atoms with Gasteiger partial charge in [0.25, 0.3) is 5.91 Å². The Hall–Kier alpha value is -4.02. The van der Waals surface area contributed by atoms with Crippen LogP contribution in [-0.2, 0) is 11.3 Å². The Morgan fingerprint density at radius 1 is 1.12 bits per heavy atom. The molecule has 0 unspecified atom stereocenters. The topological polar surface area (TPSA) is 108 Å². The fraction of sp³-hybridized carbons (Fsp3) is 0.200. The van der Waals surface area contributed by atoms with Crippen LogP contribution in [0, 0.1) is 11.3 Å². The molecule has 0 bridgehead atoms. The molecule has 0 spiro atoms. The first-order valence-electron chi connectivity index (χ1n) is 10.5. The van der Waals surface area contributed by atoms with E-state index in [-0.39, 0.29) is 17.2 Å². The van der Waals surface area contributed by atoms with E-state index in [1.54, 1.807) is 12.1 Å². The Kier molecular flexibility index (Phi) is 6.24. The second kappa shape index (κ2) is 9.41. The Balaban J connectivity index is 1.53. The van der Waals surface area contributed by atoms with Crippen molar-refractivity contribution in [3.05, 3.63) is 78.4 Å². The monoisotopic (exact) mass is 424 g/mol. The first-order chi connectivity index (χ1) is 15.5. The van der Waals surface area contributed by atoms with Crippen molar-refractivity contribution in [3.63, 3.8) is 0 Å². The quantitative estimate of drug-likeness (QED) is 0.460. The van der Waals surface area contributed by atoms with Gasteiger partial charge in [-0.1, -0.05) is 12.6 Å². The molecular weight excluding hydrogens is 400 g/mol. The van der Waals surface area contributed by atoms with Crippen LogP contribution in [-0.4, -0.2) is 33.9 Å². The number of carbonyl (C=O) groups excluding carboxylic acids is 1. The van der Waals surface area contributed by atoms with Gasteiger partial charge in [0.05, 0.1) is 11.9 Å². The lowest BCUT2D eigenvalue weighted by atomic mass is 9.98. The number of nitrogens with one attached hydrogen (secondary N) is 1. The summed E-state index contributed by atoms with van der Waals surface area (Å²) in [5.74, 6) is -0.388. The third-order valence-electron chi connectivity index (χ3n) is 5.52.